The van der Waals surface area contributed by atoms with E-state index in [0.29, 0.717) is 17.1 Å². The molecule has 2 rings (SSSR count). The van der Waals surface area contributed by atoms with Gasteiger partial charge in [0.2, 0.25) is 0 Å². The first-order valence-electron chi connectivity index (χ1n) is 6.76. The largest absolute Gasteiger partial charge is 0.328 e. The van der Waals surface area contributed by atoms with E-state index < -0.39 is 0 Å². The first-order chi connectivity index (χ1) is 10.1. The predicted octanol–water partition coefficient (Wildman–Crippen LogP) is 3.78. The highest BCUT2D eigenvalue weighted by atomic mass is 32.2. The number of benzene rings is 2. The first-order valence-corrected chi connectivity index (χ1v) is 7.74. The second kappa shape index (κ2) is 7.24. The molecule has 4 nitrogen and oxygen atoms in total. The van der Waals surface area contributed by atoms with Crippen LogP contribution in [0.4, 0.5) is 5.69 Å². The summed E-state index contributed by atoms with van der Waals surface area (Å²) in [7, 11) is 0. The Morgan fingerprint density at radius 3 is 2.52 bits per heavy atom. The normalized spacial score (nSPS) is 12.1. The monoisotopic (exact) mass is 302 g/mol. The number of hydrogen-bond donors (Lipinski definition) is 1. The molecule has 0 saturated carbocycles. The summed E-state index contributed by atoms with van der Waals surface area (Å²) in [5.74, 6) is 0.717. The van der Waals surface area contributed by atoms with Gasteiger partial charge in [-0.1, -0.05) is 36.4 Å². The molecular weight excluding hydrogens is 284 g/mol. The molecule has 0 saturated heterocycles. The molecular formula is C16H18N2O2S. The molecule has 2 aromatic rings. The molecule has 0 radical (unpaired) electrons. The standard InChI is InChI=1S/C16H18N2O2S/c1-12(17)9-14-7-8-16(15(10-14)18(19)20)21-11-13-5-3-2-4-6-13/h2-8,10,12H,9,11,17H2,1H3. The molecule has 110 valence electrons. The maximum atomic E-state index is 11.2. The van der Waals surface area contributed by atoms with Gasteiger partial charge in [0.25, 0.3) is 5.69 Å². The van der Waals surface area contributed by atoms with Gasteiger partial charge >= 0.3 is 0 Å². The summed E-state index contributed by atoms with van der Waals surface area (Å²) in [5.41, 5.74) is 7.96. The minimum Gasteiger partial charge on any atom is -0.328 e. The fourth-order valence-electron chi connectivity index (χ4n) is 2.06. The fraction of sp³-hybridized carbons (Fsp3) is 0.250. The van der Waals surface area contributed by atoms with Crippen LogP contribution >= 0.6 is 11.8 Å². The zero-order chi connectivity index (χ0) is 15.2. The van der Waals surface area contributed by atoms with Crippen molar-refractivity contribution in [2.24, 2.45) is 5.73 Å². The van der Waals surface area contributed by atoms with Gasteiger partial charge in [-0.3, -0.25) is 10.1 Å². The summed E-state index contributed by atoms with van der Waals surface area (Å²) < 4.78 is 0. The Bertz CT molecular complexity index is 615. The van der Waals surface area contributed by atoms with Crippen LogP contribution in [0.2, 0.25) is 0 Å². The molecule has 2 aromatic carbocycles. The zero-order valence-corrected chi connectivity index (χ0v) is 12.7. The van der Waals surface area contributed by atoms with Crippen LogP contribution in [0.15, 0.2) is 53.4 Å². The third kappa shape index (κ3) is 4.58. The fourth-order valence-corrected chi connectivity index (χ4v) is 3.02. The van der Waals surface area contributed by atoms with Crippen LogP contribution in [0.25, 0.3) is 0 Å². The molecule has 21 heavy (non-hydrogen) atoms. The van der Waals surface area contributed by atoms with E-state index in [9.17, 15) is 10.1 Å². The van der Waals surface area contributed by atoms with Crippen LogP contribution in [-0.4, -0.2) is 11.0 Å². The lowest BCUT2D eigenvalue weighted by Gasteiger charge is -2.08. The SMILES string of the molecule is CC(N)Cc1ccc(SCc2ccccc2)c([N+](=O)[O-])c1. The van der Waals surface area contributed by atoms with Crippen molar-refractivity contribution in [1.29, 1.82) is 0 Å². The van der Waals surface area contributed by atoms with Gasteiger partial charge in [0, 0.05) is 17.9 Å². The van der Waals surface area contributed by atoms with Gasteiger partial charge in [-0.2, -0.15) is 0 Å². The van der Waals surface area contributed by atoms with Gasteiger partial charge in [0.05, 0.1) is 9.82 Å². The molecule has 0 amide bonds. The predicted molar refractivity (Wildman–Crippen MR) is 86.5 cm³/mol. The van der Waals surface area contributed by atoms with Gasteiger partial charge in [-0.05, 0) is 30.5 Å². The summed E-state index contributed by atoms with van der Waals surface area (Å²) in [6.07, 6.45) is 0.643. The number of nitrogens with two attached hydrogens (primary N) is 1. The summed E-state index contributed by atoms with van der Waals surface area (Å²) in [6.45, 7) is 1.89. The van der Waals surface area contributed by atoms with Gasteiger partial charge in [0.1, 0.15) is 0 Å². The Kier molecular flexibility index (Phi) is 5.36. The zero-order valence-electron chi connectivity index (χ0n) is 11.9. The van der Waals surface area contributed by atoms with Crippen LogP contribution in [0.3, 0.4) is 0 Å². The Morgan fingerprint density at radius 2 is 1.90 bits per heavy atom. The summed E-state index contributed by atoms with van der Waals surface area (Å²) in [6, 6.07) is 15.3. The Balaban J connectivity index is 2.16. The number of nitro benzene ring substituents is 1. The van der Waals surface area contributed by atoms with E-state index in [0.717, 1.165) is 11.1 Å². The molecule has 0 heterocycles. The van der Waals surface area contributed by atoms with Gasteiger partial charge in [0.15, 0.2) is 0 Å². The number of thioether (sulfide) groups is 1. The topological polar surface area (TPSA) is 69.2 Å². The molecule has 0 fully saturated rings. The van der Waals surface area contributed by atoms with Crippen LogP contribution < -0.4 is 5.73 Å². The molecule has 1 atom stereocenters. The highest BCUT2D eigenvalue weighted by molar-refractivity contribution is 7.98. The maximum absolute atomic E-state index is 11.2. The lowest BCUT2D eigenvalue weighted by molar-refractivity contribution is -0.387. The lowest BCUT2D eigenvalue weighted by atomic mass is 10.1. The summed E-state index contributed by atoms with van der Waals surface area (Å²) in [4.78, 5) is 11.6. The maximum Gasteiger partial charge on any atom is 0.283 e. The van der Waals surface area contributed by atoms with E-state index in [-0.39, 0.29) is 16.7 Å². The van der Waals surface area contributed by atoms with Crippen LogP contribution in [0.1, 0.15) is 18.1 Å². The van der Waals surface area contributed by atoms with Crippen molar-refractivity contribution in [3.8, 4) is 0 Å². The van der Waals surface area contributed by atoms with Crippen molar-refractivity contribution in [3.05, 3.63) is 69.8 Å². The quantitative estimate of drug-likeness (QED) is 0.501. The third-order valence-electron chi connectivity index (χ3n) is 3.01. The van der Waals surface area contributed by atoms with Gasteiger partial charge < -0.3 is 5.73 Å². The number of hydrogen-bond acceptors (Lipinski definition) is 4. The first kappa shape index (κ1) is 15.5. The van der Waals surface area contributed by atoms with Crippen LogP contribution in [0.5, 0.6) is 0 Å². The molecule has 0 aliphatic carbocycles. The molecule has 0 aliphatic rings. The average Bonchev–Trinajstić information content (AvgIpc) is 2.46. The second-order valence-electron chi connectivity index (χ2n) is 5.01. The highest BCUT2D eigenvalue weighted by Gasteiger charge is 2.15. The third-order valence-corrected chi connectivity index (χ3v) is 4.15. The molecule has 5 heteroatoms. The molecule has 2 N–H and O–H groups in total. The smallest absolute Gasteiger partial charge is 0.283 e. The number of nitro groups is 1. The van der Waals surface area contributed by atoms with Crippen molar-refractivity contribution >= 4 is 17.4 Å². The lowest BCUT2D eigenvalue weighted by Crippen LogP contribution is -2.17. The molecule has 0 spiro atoms. The molecule has 0 bridgehead atoms. The van der Waals surface area contributed by atoms with Gasteiger partial charge in [-0.25, -0.2) is 0 Å². The summed E-state index contributed by atoms with van der Waals surface area (Å²) >= 11 is 1.48. The minimum absolute atomic E-state index is 0.00701. The van der Waals surface area contributed by atoms with Crippen LogP contribution in [-0.2, 0) is 12.2 Å². The average molecular weight is 302 g/mol. The van der Waals surface area contributed by atoms with E-state index in [2.05, 4.69) is 0 Å². The van der Waals surface area contributed by atoms with E-state index in [1.165, 1.54) is 11.8 Å². The van der Waals surface area contributed by atoms with Crippen molar-refractivity contribution in [2.45, 2.75) is 30.0 Å². The molecule has 0 aromatic heterocycles. The van der Waals surface area contributed by atoms with E-state index in [1.54, 1.807) is 6.07 Å². The van der Waals surface area contributed by atoms with Crippen molar-refractivity contribution in [1.82, 2.24) is 0 Å². The van der Waals surface area contributed by atoms with Crippen molar-refractivity contribution in [2.75, 3.05) is 0 Å². The van der Waals surface area contributed by atoms with Crippen molar-refractivity contribution < 1.29 is 4.92 Å². The summed E-state index contributed by atoms with van der Waals surface area (Å²) in [5, 5.41) is 11.2. The minimum atomic E-state index is -0.321. The molecule has 1 unspecified atom stereocenters. The Morgan fingerprint density at radius 1 is 1.19 bits per heavy atom. The Labute approximate surface area is 128 Å². The van der Waals surface area contributed by atoms with Crippen molar-refractivity contribution in [3.63, 3.8) is 0 Å². The number of nitrogens with zero attached hydrogens (tertiary/aromatic N) is 1. The second-order valence-corrected chi connectivity index (χ2v) is 6.03. The molecule has 0 aliphatic heterocycles. The van der Waals surface area contributed by atoms with Crippen LogP contribution in [0, 0.1) is 10.1 Å². The van der Waals surface area contributed by atoms with E-state index >= 15 is 0 Å². The highest BCUT2D eigenvalue weighted by Crippen LogP contribution is 2.32. The number of rotatable bonds is 6. The van der Waals surface area contributed by atoms with E-state index in [4.69, 9.17) is 5.73 Å². The van der Waals surface area contributed by atoms with Gasteiger partial charge in [-0.15, -0.1) is 11.8 Å². The Hall–Kier alpha value is -1.85. The van der Waals surface area contributed by atoms with E-state index in [1.807, 2.05) is 49.4 Å².